The van der Waals surface area contributed by atoms with Crippen LogP contribution in [0.5, 0.6) is 0 Å². The predicted molar refractivity (Wildman–Crippen MR) is 19.0 cm³/mol. The molecule has 0 rings (SSSR count). The van der Waals surface area contributed by atoms with Gasteiger partial charge in [0, 0.05) is 0 Å². The van der Waals surface area contributed by atoms with Gasteiger partial charge in [-0.25, -0.2) is 0 Å². The van der Waals surface area contributed by atoms with Crippen LogP contribution in [0.1, 0.15) is 0 Å². The molecule has 0 aliphatic carbocycles. The Morgan fingerprint density at radius 1 is 2.00 bits per heavy atom. The summed E-state index contributed by atoms with van der Waals surface area (Å²) < 4.78 is 10.7. The van der Waals surface area contributed by atoms with Crippen LogP contribution in [-0.2, 0) is 0 Å². The van der Waals surface area contributed by atoms with Crippen molar-refractivity contribution in [3.63, 3.8) is 0 Å². The van der Waals surface area contributed by atoms with Crippen LogP contribution in [0.3, 0.4) is 0 Å². The minimum absolute atomic E-state index is 0.181. The summed E-state index contributed by atoms with van der Waals surface area (Å²) in [5.41, 5.74) is 0. The maximum absolute atomic E-state index is 10.7. The topological polar surface area (TPSA) is 0 Å². The maximum atomic E-state index is 10.7. The highest BCUT2D eigenvalue weighted by Crippen LogP contribution is 1.54. The van der Waals surface area contributed by atoms with Crippen molar-refractivity contribution in [2.75, 3.05) is 6.57 Å². The number of hydrogen-bond donors (Lipinski definition) is 0. The Morgan fingerprint density at radius 2 is 2.25 bits per heavy atom. The zero-order valence-electron chi connectivity index (χ0n) is 2.79. The first-order valence-corrected chi connectivity index (χ1v) is 1.47. The van der Waals surface area contributed by atoms with Crippen molar-refractivity contribution < 1.29 is 4.39 Å². The fourth-order valence-electron chi connectivity index (χ4n) is 0. The van der Waals surface area contributed by atoms with Crippen molar-refractivity contribution in [3.05, 3.63) is 0 Å². The lowest BCUT2D eigenvalue weighted by molar-refractivity contribution is 0.594. The lowest BCUT2D eigenvalue weighted by atomic mass is 9.86. The number of alkyl halides is 1. The second-order valence-corrected chi connectivity index (χ2v) is 0.689. The highest BCUT2D eigenvalue weighted by Gasteiger charge is 1.66. The van der Waals surface area contributed by atoms with Gasteiger partial charge >= 0.3 is 0 Å². The summed E-state index contributed by atoms with van der Waals surface area (Å²) in [5.74, 6) is 0. The molecule has 0 N–H and O–H groups in total. The van der Waals surface area contributed by atoms with Crippen LogP contribution in [-0.4, -0.2) is 13.9 Å². The van der Waals surface area contributed by atoms with E-state index in [1.807, 2.05) is 0 Å². The molecule has 0 aliphatic rings. The lowest BCUT2D eigenvalue weighted by Gasteiger charge is -1.60. The summed E-state index contributed by atoms with van der Waals surface area (Å²) in [7, 11) is 0.653. The van der Waals surface area contributed by atoms with Crippen molar-refractivity contribution >= 4 is 7.28 Å². The Hall–Kier alpha value is -0.00506. The molecule has 0 unspecified atom stereocenters. The van der Waals surface area contributed by atoms with E-state index in [1.54, 1.807) is 6.82 Å². The van der Waals surface area contributed by atoms with Gasteiger partial charge in [-0.05, 0) is 0 Å². The smallest absolute Gasteiger partial charge is 0.157 e. The molecule has 0 bridgehead atoms. The molecule has 0 aromatic heterocycles. The second kappa shape index (κ2) is 2.99. The molecule has 0 saturated carbocycles. The van der Waals surface area contributed by atoms with Gasteiger partial charge in [-0.3, -0.25) is 4.39 Å². The third-order valence-corrected chi connectivity index (χ3v) is 0.189. The molecule has 2 heteroatoms. The summed E-state index contributed by atoms with van der Waals surface area (Å²) in [6.45, 7) is 1.62. The first-order valence-electron chi connectivity index (χ1n) is 1.47. The van der Waals surface area contributed by atoms with Crippen LogP contribution in [0.2, 0.25) is 6.82 Å². The van der Waals surface area contributed by atoms with E-state index in [0.29, 0.717) is 7.28 Å². The molecule has 0 atom stereocenters. The van der Waals surface area contributed by atoms with Crippen LogP contribution in [0.25, 0.3) is 0 Å². The third kappa shape index (κ3) is 1.99. The van der Waals surface area contributed by atoms with Crippen molar-refractivity contribution in [1.29, 1.82) is 0 Å². The molecule has 0 heterocycles. The second-order valence-electron chi connectivity index (χ2n) is 0.689. The molecule has 0 aromatic rings. The maximum Gasteiger partial charge on any atom is 0.157 e. The fraction of sp³-hybridized carbons (Fsp3) is 1.00. The summed E-state index contributed by atoms with van der Waals surface area (Å²) in [4.78, 5) is 0. The largest absolute Gasteiger partial charge is 0.261 e. The van der Waals surface area contributed by atoms with Crippen molar-refractivity contribution in [2.45, 2.75) is 6.82 Å². The number of hydrogen-bond acceptors (Lipinski definition) is 0. The van der Waals surface area contributed by atoms with Crippen LogP contribution < -0.4 is 0 Å². The van der Waals surface area contributed by atoms with Gasteiger partial charge in [0.05, 0.1) is 6.57 Å². The van der Waals surface area contributed by atoms with Gasteiger partial charge in [0.2, 0.25) is 0 Å². The fourth-order valence-corrected chi connectivity index (χ4v) is 0. The molecule has 0 fully saturated rings. The average molecular weight is 58.9 g/mol. The molecule has 0 nitrogen and oxygen atoms in total. The zero-order chi connectivity index (χ0) is 3.41. The number of rotatable bonds is 1. The van der Waals surface area contributed by atoms with Crippen molar-refractivity contribution in [2.24, 2.45) is 0 Å². The van der Waals surface area contributed by atoms with Crippen LogP contribution in [0.4, 0.5) is 4.39 Å². The SMILES string of the molecule is CBC[18F]. The van der Waals surface area contributed by atoms with E-state index in [0.717, 1.165) is 0 Å². The Balaban J connectivity index is 1.97. The van der Waals surface area contributed by atoms with Gasteiger partial charge in [0.25, 0.3) is 0 Å². The van der Waals surface area contributed by atoms with E-state index in [4.69, 9.17) is 0 Å². The van der Waals surface area contributed by atoms with Gasteiger partial charge in [-0.2, -0.15) is 0 Å². The molecule has 0 radical (unpaired) electrons. The van der Waals surface area contributed by atoms with Gasteiger partial charge in [0.15, 0.2) is 7.28 Å². The van der Waals surface area contributed by atoms with Gasteiger partial charge in [-0.15, -0.1) is 0 Å². The molecule has 0 saturated heterocycles. The molecule has 0 aromatic carbocycles. The van der Waals surface area contributed by atoms with E-state index in [9.17, 15) is 4.39 Å². The van der Waals surface area contributed by atoms with E-state index in [2.05, 4.69) is 0 Å². The van der Waals surface area contributed by atoms with Crippen LogP contribution in [0.15, 0.2) is 0 Å². The molecule has 0 amide bonds. The Bertz CT molecular complexity index is 8.00. The summed E-state index contributed by atoms with van der Waals surface area (Å²) in [5, 5.41) is 0. The van der Waals surface area contributed by atoms with Crippen LogP contribution in [0, 0.1) is 0 Å². The normalized spacial score (nSPS) is 6.50. The summed E-state index contributed by atoms with van der Waals surface area (Å²) in [6.07, 6.45) is 0. The first kappa shape index (κ1) is 3.99. The average Bonchev–Trinajstić information content (AvgIpc) is 1.37. The summed E-state index contributed by atoms with van der Waals surface area (Å²) in [6, 6.07) is 0. The summed E-state index contributed by atoms with van der Waals surface area (Å²) >= 11 is 0. The quantitative estimate of drug-likeness (QED) is 0.383. The Kier molecular flexibility index (Phi) is 2.99. The molecule has 0 spiro atoms. The van der Waals surface area contributed by atoms with E-state index >= 15 is 0 Å². The monoisotopic (exact) mass is 59.1 g/mol. The standard InChI is InChI=1S/C2H6BF/c1-3-2-4/h3H,2H2,1H3/i4-1. The molecule has 24 valence electrons. The highest BCUT2D eigenvalue weighted by molar-refractivity contribution is 6.33. The van der Waals surface area contributed by atoms with Gasteiger partial charge < -0.3 is 0 Å². The van der Waals surface area contributed by atoms with Crippen molar-refractivity contribution in [3.8, 4) is 0 Å². The molecular weight excluding hydrogens is 52.8 g/mol. The Morgan fingerprint density at radius 3 is 2.25 bits per heavy atom. The molecular formula is C2H6BF. The predicted octanol–water partition coefficient (Wildman–Crippen LogP) is 0.398. The number of halogens is 1. The first-order chi connectivity index (χ1) is 1.91. The van der Waals surface area contributed by atoms with Crippen LogP contribution >= 0.6 is 0 Å². The van der Waals surface area contributed by atoms with E-state index in [1.165, 1.54) is 0 Å². The Labute approximate surface area is 26.3 Å². The minimum atomic E-state index is -0.181. The van der Waals surface area contributed by atoms with Gasteiger partial charge in [0.1, 0.15) is 0 Å². The highest BCUT2D eigenvalue weighted by atomic mass is 18.2. The van der Waals surface area contributed by atoms with Gasteiger partial charge in [-0.1, -0.05) is 6.82 Å². The zero-order valence-corrected chi connectivity index (χ0v) is 2.79. The minimum Gasteiger partial charge on any atom is -0.261 e. The lowest BCUT2D eigenvalue weighted by Crippen LogP contribution is -1.78. The molecule has 0 aliphatic heterocycles. The molecule has 4 heavy (non-hydrogen) atoms. The van der Waals surface area contributed by atoms with Crippen molar-refractivity contribution in [1.82, 2.24) is 0 Å². The van der Waals surface area contributed by atoms with E-state index in [-0.39, 0.29) is 6.57 Å². The third-order valence-electron chi connectivity index (χ3n) is 0.189. The van der Waals surface area contributed by atoms with E-state index < -0.39 is 0 Å².